The second kappa shape index (κ2) is 11.7. The van der Waals surface area contributed by atoms with Gasteiger partial charge in [-0.3, -0.25) is 9.59 Å². The van der Waals surface area contributed by atoms with Gasteiger partial charge in [0.2, 0.25) is 0 Å². The minimum atomic E-state index is -1.63. The van der Waals surface area contributed by atoms with Crippen LogP contribution in [0, 0.1) is 0 Å². The first-order chi connectivity index (χ1) is 14.8. The van der Waals surface area contributed by atoms with Gasteiger partial charge in [0, 0.05) is 5.56 Å². The van der Waals surface area contributed by atoms with Crippen LogP contribution < -0.4 is 10.6 Å². The van der Waals surface area contributed by atoms with E-state index in [4.69, 9.17) is 4.74 Å². The van der Waals surface area contributed by atoms with Crippen molar-refractivity contribution in [1.82, 2.24) is 10.6 Å². The largest absolute Gasteiger partial charge is 0.467 e. The molecule has 0 aliphatic heterocycles. The van der Waals surface area contributed by atoms with Crippen molar-refractivity contribution in [3.8, 4) is 0 Å². The van der Waals surface area contributed by atoms with Crippen molar-refractivity contribution in [2.24, 2.45) is 0 Å². The number of aliphatic hydroxyl groups excluding tert-OH is 1. The summed E-state index contributed by atoms with van der Waals surface area (Å²) in [5, 5.41) is 16.1. The Hall–Kier alpha value is -3.45. The molecule has 0 bridgehead atoms. The molecular weight excluding hydrogens is 396 g/mol. The fourth-order valence-electron chi connectivity index (χ4n) is 2.94. The molecule has 0 aromatic heterocycles. The molecule has 2 amide bonds. The Morgan fingerprint density at radius 1 is 0.968 bits per heavy atom. The number of carbonyl (C=O) groups is 3. The molecule has 0 radical (unpaired) electrons. The molecule has 2 aromatic carbocycles. The van der Waals surface area contributed by atoms with Gasteiger partial charge in [-0.25, -0.2) is 4.79 Å². The van der Waals surface area contributed by atoms with Gasteiger partial charge in [0.1, 0.15) is 6.04 Å². The summed E-state index contributed by atoms with van der Waals surface area (Å²) in [6, 6.07) is 15.2. The molecule has 0 saturated carbocycles. The summed E-state index contributed by atoms with van der Waals surface area (Å²) in [6.45, 7) is 3.74. The molecule has 2 rings (SSSR count). The summed E-state index contributed by atoms with van der Waals surface area (Å²) in [5.74, 6) is -1.85. The van der Waals surface area contributed by atoms with E-state index in [0.29, 0.717) is 11.1 Å². The quantitative estimate of drug-likeness (QED) is 0.424. The number of rotatable bonds is 9. The molecule has 7 heteroatoms. The van der Waals surface area contributed by atoms with Crippen molar-refractivity contribution in [1.29, 1.82) is 0 Å². The van der Waals surface area contributed by atoms with Crippen LogP contribution in [0.1, 0.15) is 42.2 Å². The molecule has 0 spiro atoms. The molecule has 0 aliphatic carbocycles. The molecule has 3 N–H and O–H groups in total. The summed E-state index contributed by atoms with van der Waals surface area (Å²) in [6.07, 6.45) is 0.383. The molecule has 31 heavy (non-hydrogen) atoms. The van der Waals surface area contributed by atoms with Crippen LogP contribution in [0.3, 0.4) is 0 Å². The van der Waals surface area contributed by atoms with Gasteiger partial charge in [-0.05, 0) is 38.0 Å². The maximum Gasteiger partial charge on any atom is 0.328 e. The Kier molecular flexibility index (Phi) is 8.96. The minimum absolute atomic E-state index is 0.222. The average molecular weight is 424 g/mol. The first-order valence-electron chi connectivity index (χ1n) is 9.94. The van der Waals surface area contributed by atoms with E-state index in [1.54, 1.807) is 66.7 Å². The summed E-state index contributed by atoms with van der Waals surface area (Å²) in [4.78, 5) is 37.6. The van der Waals surface area contributed by atoms with Crippen LogP contribution in [-0.2, 0) is 14.3 Å². The summed E-state index contributed by atoms with van der Waals surface area (Å²) < 4.78 is 4.76. The SMILES string of the molecule is COC(=O)[C@H](CC=C(C)C)NC(=O)[C@H](O)[C@@H](NC(=O)c1ccccc1)c1ccccc1. The lowest BCUT2D eigenvalue weighted by Gasteiger charge is -2.25. The highest BCUT2D eigenvalue weighted by atomic mass is 16.5. The third-order valence-electron chi connectivity index (χ3n) is 4.63. The fraction of sp³-hybridized carbons (Fsp3) is 0.292. The van der Waals surface area contributed by atoms with Crippen LogP contribution in [0.15, 0.2) is 72.3 Å². The van der Waals surface area contributed by atoms with Gasteiger partial charge >= 0.3 is 5.97 Å². The van der Waals surface area contributed by atoms with E-state index in [1.165, 1.54) is 7.11 Å². The van der Waals surface area contributed by atoms with E-state index >= 15 is 0 Å². The molecule has 2 aromatic rings. The van der Waals surface area contributed by atoms with Crippen LogP contribution in [-0.4, -0.2) is 42.1 Å². The van der Waals surface area contributed by atoms with Crippen molar-refractivity contribution in [3.05, 3.63) is 83.4 Å². The van der Waals surface area contributed by atoms with Crippen molar-refractivity contribution in [3.63, 3.8) is 0 Å². The van der Waals surface area contributed by atoms with E-state index in [-0.39, 0.29) is 6.42 Å². The zero-order valence-electron chi connectivity index (χ0n) is 17.9. The van der Waals surface area contributed by atoms with Crippen molar-refractivity contribution < 1.29 is 24.2 Å². The standard InChI is InChI=1S/C24H28N2O5/c1-16(2)14-15-19(24(30)31-3)25-23(29)21(27)20(17-10-6-4-7-11-17)26-22(28)18-12-8-5-9-13-18/h4-14,19-21,27H,15H2,1-3H3,(H,25,29)(H,26,28)/t19-,20-,21+/m0/s1. The highest BCUT2D eigenvalue weighted by molar-refractivity contribution is 5.95. The zero-order chi connectivity index (χ0) is 22.8. The third-order valence-corrected chi connectivity index (χ3v) is 4.63. The maximum absolute atomic E-state index is 12.8. The van der Waals surface area contributed by atoms with Crippen LogP contribution in [0.4, 0.5) is 0 Å². The lowest BCUT2D eigenvalue weighted by Crippen LogP contribution is -2.50. The third kappa shape index (κ3) is 7.08. The second-order valence-corrected chi connectivity index (χ2v) is 7.27. The van der Waals surface area contributed by atoms with E-state index < -0.39 is 36.0 Å². The van der Waals surface area contributed by atoms with E-state index in [1.807, 2.05) is 13.8 Å². The minimum Gasteiger partial charge on any atom is -0.467 e. The number of carbonyl (C=O) groups excluding carboxylic acids is 3. The summed E-state index contributed by atoms with van der Waals surface area (Å²) in [7, 11) is 1.23. The fourth-order valence-corrected chi connectivity index (χ4v) is 2.94. The van der Waals surface area contributed by atoms with Gasteiger partial charge in [-0.1, -0.05) is 60.2 Å². The topological polar surface area (TPSA) is 105 Å². The number of ether oxygens (including phenoxy) is 1. The Labute approximate surface area is 182 Å². The summed E-state index contributed by atoms with van der Waals surface area (Å²) >= 11 is 0. The molecular formula is C24H28N2O5. The van der Waals surface area contributed by atoms with Gasteiger partial charge < -0.3 is 20.5 Å². The number of esters is 1. The molecule has 0 heterocycles. The first-order valence-corrected chi connectivity index (χ1v) is 9.94. The molecule has 3 atom stereocenters. The average Bonchev–Trinajstić information content (AvgIpc) is 2.79. The number of hydrogen-bond donors (Lipinski definition) is 3. The van der Waals surface area contributed by atoms with E-state index in [9.17, 15) is 19.5 Å². The van der Waals surface area contributed by atoms with Gasteiger partial charge in [-0.15, -0.1) is 0 Å². The molecule has 0 fully saturated rings. The lowest BCUT2D eigenvalue weighted by molar-refractivity contribution is -0.146. The van der Waals surface area contributed by atoms with Crippen molar-refractivity contribution in [2.75, 3.05) is 7.11 Å². The summed E-state index contributed by atoms with van der Waals surface area (Å²) in [5.41, 5.74) is 1.92. The van der Waals surface area contributed by atoms with E-state index in [0.717, 1.165) is 5.57 Å². The van der Waals surface area contributed by atoms with Gasteiger partial charge in [-0.2, -0.15) is 0 Å². The number of amides is 2. The van der Waals surface area contributed by atoms with Gasteiger partial charge in [0.25, 0.3) is 11.8 Å². The Morgan fingerprint density at radius 2 is 1.55 bits per heavy atom. The predicted octanol–water partition coefficient (Wildman–Crippen LogP) is 2.53. The Bertz CT molecular complexity index is 908. The molecule has 7 nitrogen and oxygen atoms in total. The van der Waals surface area contributed by atoms with Crippen molar-refractivity contribution >= 4 is 17.8 Å². The van der Waals surface area contributed by atoms with Crippen molar-refractivity contribution in [2.45, 2.75) is 38.5 Å². The Morgan fingerprint density at radius 3 is 2.10 bits per heavy atom. The monoisotopic (exact) mass is 424 g/mol. The molecule has 0 unspecified atom stereocenters. The smallest absolute Gasteiger partial charge is 0.328 e. The number of aliphatic hydroxyl groups is 1. The second-order valence-electron chi connectivity index (χ2n) is 7.27. The number of benzene rings is 2. The predicted molar refractivity (Wildman–Crippen MR) is 117 cm³/mol. The molecule has 0 saturated heterocycles. The van der Waals surface area contributed by atoms with Crippen LogP contribution in [0.25, 0.3) is 0 Å². The highest BCUT2D eigenvalue weighted by Crippen LogP contribution is 2.19. The van der Waals surface area contributed by atoms with Gasteiger partial charge in [0.05, 0.1) is 13.2 Å². The van der Waals surface area contributed by atoms with E-state index in [2.05, 4.69) is 10.6 Å². The normalized spacial score (nSPS) is 13.3. The first kappa shape index (κ1) is 23.8. The maximum atomic E-state index is 12.8. The number of methoxy groups -OCH3 is 1. The van der Waals surface area contributed by atoms with Crippen LogP contribution in [0.2, 0.25) is 0 Å². The highest BCUT2D eigenvalue weighted by Gasteiger charge is 2.32. The molecule has 164 valence electrons. The number of hydrogen-bond acceptors (Lipinski definition) is 5. The lowest BCUT2D eigenvalue weighted by atomic mass is 9.99. The number of allylic oxidation sites excluding steroid dienone is 1. The number of nitrogens with one attached hydrogen (secondary N) is 2. The Balaban J connectivity index is 2.23. The van der Waals surface area contributed by atoms with Crippen LogP contribution in [0.5, 0.6) is 0 Å². The zero-order valence-corrected chi connectivity index (χ0v) is 17.9. The van der Waals surface area contributed by atoms with Gasteiger partial charge in [0.15, 0.2) is 6.10 Å². The van der Waals surface area contributed by atoms with Crippen LogP contribution >= 0.6 is 0 Å². The molecule has 0 aliphatic rings.